The number of benzene rings is 1. The number of rotatable bonds is 8. The number of hydrogen-bond donors (Lipinski definition) is 6. The summed E-state index contributed by atoms with van der Waals surface area (Å²) in [5.41, 5.74) is -1.24. The Labute approximate surface area is 234 Å². The number of phenols is 1. The van der Waals surface area contributed by atoms with E-state index in [1.165, 1.54) is 0 Å². The number of aryl methyl sites for hydroxylation is 1. The maximum Gasteiger partial charge on any atom is 0.416 e. The molecule has 1 aromatic carbocycles. The quantitative estimate of drug-likeness (QED) is 0.198. The Kier molecular flexibility index (Phi) is 8.02. The number of ketones is 2. The van der Waals surface area contributed by atoms with Gasteiger partial charge in [-0.05, 0) is 75.5 Å². The summed E-state index contributed by atoms with van der Waals surface area (Å²) in [6.07, 6.45) is -5.28. The molecule has 13 heteroatoms. The molecule has 3 aliphatic rings. The number of fused-ring (bicyclic) bond motifs is 3. The SMILES string of the molecule is CCN(CC)[C@@H]1C(O)=C(C(N)=O)C(=O)[C@@]2(O)C(O)=C3C(=O)c4c(O)cc(CCCNC)c(C(F)(F)F)c4C[C@H]3C[C@@H]12. The lowest BCUT2D eigenvalue weighted by molar-refractivity contribution is -0.149. The smallest absolute Gasteiger partial charge is 0.416 e. The first-order valence-electron chi connectivity index (χ1n) is 13.5. The molecule has 7 N–H and O–H groups in total. The lowest BCUT2D eigenvalue weighted by Gasteiger charge is -2.51. The lowest BCUT2D eigenvalue weighted by Crippen LogP contribution is -2.64. The van der Waals surface area contributed by atoms with Crippen molar-refractivity contribution >= 4 is 17.5 Å². The van der Waals surface area contributed by atoms with E-state index in [2.05, 4.69) is 5.32 Å². The van der Waals surface area contributed by atoms with Crippen molar-refractivity contribution in [3.05, 3.63) is 51.0 Å². The normalized spacial score (nSPS) is 26.3. The Morgan fingerprint density at radius 1 is 1.20 bits per heavy atom. The second-order valence-electron chi connectivity index (χ2n) is 10.7. The van der Waals surface area contributed by atoms with Gasteiger partial charge in [0, 0.05) is 11.5 Å². The molecule has 1 amide bonds. The minimum atomic E-state index is -4.87. The highest BCUT2D eigenvalue weighted by Crippen LogP contribution is 2.54. The number of primary amides is 1. The van der Waals surface area contributed by atoms with E-state index >= 15 is 0 Å². The van der Waals surface area contributed by atoms with Crippen LogP contribution in [0.25, 0.3) is 0 Å². The topological polar surface area (TPSA) is 173 Å². The fourth-order valence-electron chi connectivity index (χ4n) is 6.84. The van der Waals surface area contributed by atoms with Gasteiger partial charge in [-0.2, -0.15) is 13.2 Å². The number of aliphatic hydroxyl groups is 3. The van der Waals surface area contributed by atoms with Crippen LogP contribution in [0.15, 0.2) is 28.7 Å². The molecule has 0 heterocycles. The van der Waals surface area contributed by atoms with Gasteiger partial charge in [0.15, 0.2) is 11.4 Å². The van der Waals surface area contributed by atoms with Gasteiger partial charge in [0.2, 0.25) is 5.78 Å². The Bertz CT molecular complexity index is 1370. The van der Waals surface area contributed by atoms with Crippen molar-refractivity contribution < 1.29 is 48.0 Å². The predicted molar refractivity (Wildman–Crippen MR) is 140 cm³/mol. The number of carbonyl (C=O) groups is 3. The Balaban J connectivity index is 1.96. The number of amides is 1. The zero-order valence-corrected chi connectivity index (χ0v) is 22.9. The molecule has 0 unspecified atom stereocenters. The molecular formula is C28H34F3N3O7. The van der Waals surface area contributed by atoms with Crippen molar-refractivity contribution in [3.63, 3.8) is 0 Å². The summed E-state index contributed by atoms with van der Waals surface area (Å²) in [7, 11) is 1.65. The third kappa shape index (κ3) is 4.59. The molecule has 4 rings (SSSR count). The molecule has 0 spiro atoms. The third-order valence-corrected chi connectivity index (χ3v) is 8.61. The molecule has 0 radical (unpaired) electrons. The number of aromatic hydroxyl groups is 1. The Hall–Kier alpha value is -3.42. The van der Waals surface area contributed by atoms with Crippen LogP contribution in [0.5, 0.6) is 5.75 Å². The molecule has 0 saturated heterocycles. The van der Waals surface area contributed by atoms with E-state index in [4.69, 9.17) is 5.73 Å². The summed E-state index contributed by atoms with van der Waals surface area (Å²) in [6.45, 7) is 4.39. The number of hydrogen-bond acceptors (Lipinski definition) is 9. The van der Waals surface area contributed by atoms with Crippen molar-refractivity contribution in [2.75, 3.05) is 26.7 Å². The van der Waals surface area contributed by atoms with Crippen LogP contribution in [0.3, 0.4) is 0 Å². The number of aliphatic hydroxyl groups excluding tert-OH is 2. The first-order chi connectivity index (χ1) is 19.2. The lowest BCUT2D eigenvalue weighted by atomic mass is 9.58. The number of carbonyl (C=O) groups excluding carboxylic acids is 3. The van der Waals surface area contributed by atoms with Gasteiger partial charge in [0.25, 0.3) is 5.91 Å². The van der Waals surface area contributed by atoms with Crippen LogP contribution in [0.2, 0.25) is 0 Å². The van der Waals surface area contributed by atoms with Gasteiger partial charge in [-0.3, -0.25) is 19.3 Å². The molecule has 0 aromatic heterocycles. The molecule has 41 heavy (non-hydrogen) atoms. The molecular weight excluding hydrogens is 547 g/mol. The number of alkyl halides is 3. The van der Waals surface area contributed by atoms with Gasteiger partial charge in [-0.15, -0.1) is 0 Å². The molecule has 0 bridgehead atoms. The molecule has 0 fully saturated rings. The maximum atomic E-state index is 14.5. The number of Topliss-reactive ketones (excluding diaryl/α,β-unsaturated/α-hetero) is 2. The van der Waals surface area contributed by atoms with E-state index in [0.717, 1.165) is 6.07 Å². The number of nitrogens with zero attached hydrogens (tertiary/aromatic N) is 1. The van der Waals surface area contributed by atoms with E-state index in [1.54, 1.807) is 25.8 Å². The molecule has 0 saturated carbocycles. The van der Waals surface area contributed by atoms with Gasteiger partial charge in [-0.25, -0.2) is 0 Å². The highest BCUT2D eigenvalue weighted by atomic mass is 19.4. The Morgan fingerprint density at radius 3 is 2.37 bits per heavy atom. The highest BCUT2D eigenvalue weighted by molar-refractivity contribution is 6.24. The number of likely N-dealkylation sites (N-methyl/N-ethyl adjacent to an activating group) is 1. The number of nitrogens with two attached hydrogens (primary N) is 1. The monoisotopic (exact) mass is 581 g/mol. The van der Waals surface area contributed by atoms with Crippen molar-refractivity contribution in [3.8, 4) is 5.75 Å². The summed E-state index contributed by atoms with van der Waals surface area (Å²) < 4.78 is 43.4. The number of halogens is 3. The van der Waals surface area contributed by atoms with Crippen molar-refractivity contribution in [1.82, 2.24) is 10.2 Å². The minimum absolute atomic E-state index is 0.0290. The first kappa shape index (κ1) is 30.5. The third-order valence-electron chi connectivity index (χ3n) is 8.61. The molecule has 3 aliphatic carbocycles. The van der Waals surface area contributed by atoms with Crippen molar-refractivity contribution in [1.29, 1.82) is 0 Å². The van der Waals surface area contributed by atoms with Gasteiger partial charge in [0.05, 0.1) is 17.2 Å². The molecule has 1 aromatic rings. The van der Waals surface area contributed by atoms with Crippen LogP contribution < -0.4 is 11.1 Å². The largest absolute Gasteiger partial charge is 0.510 e. The van der Waals surface area contributed by atoms with Crippen LogP contribution in [-0.4, -0.2) is 81.1 Å². The van der Waals surface area contributed by atoms with Gasteiger partial charge in [0.1, 0.15) is 22.8 Å². The van der Waals surface area contributed by atoms with Crippen LogP contribution in [0.1, 0.15) is 53.7 Å². The second-order valence-corrected chi connectivity index (χ2v) is 10.7. The first-order valence-corrected chi connectivity index (χ1v) is 13.5. The zero-order valence-electron chi connectivity index (χ0n) is 22.9. The van der Waals surface area contributed by atoms with Crippen LogP contribution in [0, 0.1) is 11.8 Å². The fraction of sp³-hybridized carbons (Fsp3) is 0.536. The molecule has 0 aliphatic heterocycles. The summed E-state index contributed by atoms with van der Waals surface area (Å²) in [6, 6.07) is -0.319. The number of nitrogens with one attached hydrogen (secondary N) is 1. The summed E-state index contributed by atoms with van der Waals surface area (Å²) in [4.78, 5) is 41.0. The van der Waals surface area contributed by atoms with E-state index in [1.807, 2.05) is 0 Å². The standard InChI is InChI=1S/C28H34F3N3O7/c1-4-34(5-2)21-15-10-13-9-14-18(16(35)11-12(7-6-8-33-3)20(14)28(29,30)31)22(36)17(13)24(38)27(15,41)25(39)19(23(21)37)26(32)40/h11,13,15,21,33,35,37-38,41H,4-10H2,1-3H3,(H2,32,40)/t13-,15-,21-,27-/m0/s1. The van der Waals surface area contributed by atoms with E-state index in [-0.39, 0.29) is 31.5 Å². The summed E-state index contributed by atoms with van der Waals surface area (Å²) >= 11 is 0. The molecule has 10 nitrogen and oxygen atoms in total. The van der Waals surface area contributed by atoms with E-state index in [9.17, 15) is 48.0 Å². The van der Waals surface area contributed by atoms with Crippen molar-refractivity contribution in [2.45, 2.75) is 57.3 Å². The van der Waals surface area contributed by atoms with E-state index < -0.39 is 98.7 Å². The summed E-state index contributed by atoms with van der Waals surface area (Å²) in [5.74, 6) is -8.87. The number of allylic oxidation sites excluding steroid dienone is 1. The van der Waals surface area contributed by atoms with Crippen LogP contribution in [0.4, 0.5) is 13.2 Å². The Morgan fingerprint density at radius 2 is 1.83 bits per heavy atom. The highest BCUT2D eigenvalue weighted by Gasteiger charge is 2.63. The van der Waals surface area contributed by atoms with Crippen molar-refractivity contribution in [2.24, 2.45) is 17.6 Å². The van der Waals surface area contributed by atoms with Gasteiger partial charge >= 0.3 is 6.18 Å². The zero-order chi connectivity index (χ0) is 30.6. The van der Waals surface area contributed by atoms with Crippen LogP contribution >= 0.6 is 0 Å². The van der Waals surface area contributed by atoms with Gasteiger partial charge in [-0.1, -0.05) is 13.8 Å². The fourth-order valence-corrected chi connectivity index (χ4v) is 6.84. The average Bonchev–Trinajstić information content (AvgIpc) is 2.87. The maximum absolute atomic E-state index is 14.5. The minimum Gasteiger partial charge on any atom is -0.510 e. The molecule has 224 valence electrons. The summed E-state index contributed by atoms with van der Waals surface area (Å²) in [5, 5.41) is 47.8. The van der Waals surface area contributed by atoms with Gasteiger partial charge < -0.3 is 31.5 Å². The van der Waals surface area contributed by atoms with Crippen LogP contribution in [-0.2, 0) is 28.6 Å². The second kappa shape index (κ2) is 10.8. The molecule has 4 atom stereocenters. The number of phenolic OH excluding ortho intramolecular Hbond substituents is 1. The average molecular weight is 582 g/mol. The van der Waals surface area contributed by atoms with E-state index in [0.29, 0.717) is 13.0 Å². The predicted octanol–water partition coefficient (Wildman–Crippen LogP) is 2.07.